The van der Waals surface area contributed by atoms with Gasteiger partial charge in [0.1, 0.15) is 0 Å². The molecule has 1 amide bonds. The molecule has 0 aromatic carbocycles. The Kier molecular flexibility index (Phi) is 4.78. The lowest BCUT2D eigenvalue weighted by atomic mass is 9.96. The zero-order valence-electron chi connectivity index (χ0n) is 14.4. The number of carbonyl (C=O) groups excluding carboxylic acids is 1. The number of pyridine rings is 1. The van der Waals surface area contributed by atoms with E-state index in [4.69, 9.17) is 4.42 Å². The third-order valence-corrected chi connectivity index (χ3v) is 5.19. The standard InChI is InChI=1S/C19H24N4O2/c24-19(23-8-1-2-9-23)17-13-21-18(25-17)16-5-10-22(11-6-16)14-15-4-3-7-20-12-15/h3-4,7,12-13,16H,1-2,5-6,8-11,14H2. The van der Waals surface area contributed by atoms with Crippen molar-refractivity contribution in [1.29, 1.82) is 0 Å². The maximum absolute atomic E-state index is 12.4. The molecule has 2 aromatic heterocycles. The molecule has 132 valence electrons. The Balaban J connectivity index is 1.32. The predicted molar refractivity (Wildman–Crippen MR) is 93.1 cm³/mol. The molecule has 4 heterocycles. The fourth-order valence-electron chi connectivity index (χ4n) is 3.74. The highest BCUT2D eigenvalue weighted by molar-refractivity contribution is 5.91. The van der Waals surface area contributed by atoms with Gasteiger partial charge in [0.25, 0.3) is 5.91 Å². The summed E-state index contributed by atoms with van der Waals surface area (Å²) in [6.45, 7) is 4.63. The van der Waals surface area contributed by atoms with Crippen LogP contribution in [0.4, 0.5) is 0 Å². The Morgan fingerprint density at radius 2 is 1.96 bits per heavy atom. The lowest BCUT2D eigenvalue weighted by Crippen LogP contribution is -2.32. The summed E-state index contributed by atoms with van der Waals surface area (Å²) >= 11 is 0. The van der Waals surface area contributed by atoms with Crippen LogP contribution < -0.4 is 0 Å². The van der Waals surface area contributed by atoms with Crippen molar-refractivity contribution in [2.24, 2.45) is 0 Å². The molecular weight excluding hydrogens is 316 g/mol. The molecule has 4 rings (SSSR count). The predicted octanol–water partition coefficient (Wildman–Crippen LogP) is 2.69. The van der Waals surface area contributed by atoms with Crippen molar-refractivity contribution >= 4 is 5.91 Å². The first-order chi connectivity index (χ1) is 12.3. The molecular formula is C19H24N4O2. The number of oxazole rings is 1. The van der Waals surface area contributed by atoms with Crippen LogP contribution in [0.25, 0.3) is 0 Å². The van der Waals surface area contributed by atoms with E-state index >= 15 is 0 Å². The van der Waals surface area contributed by atoms with Crippen LogP contribution in [-0.4, -0.2) is 51.9 Å². The van der Waals surface area contributed by atoms with Crippen molar-refractivity contribution in [2.45, 2.75) is 38.1 Å². The molecule has 6 heteroatoms. The van der Waals surface area contributed by atoms with Gasteiger partial charge in [-0.05, 0) is 50.4 Å². The molecule has 0 N–H and O–H groups in total. The molecule has 0 unspecified atom stereocenters. The number of hydrogen-bond acceptors (Lipinski definition) is 5. The number of nitrogens with zero attached hydrogens (tertiary/aromatic N) is 4. The molecule has 6 nitrogen and oxygen atoms in total. The van der Waals surface area contributed by atoms with Gasteiger partial charge in [-0.25, -0.2) is 4.98 Å². The molecule has 2 aliphatic heterocycles. The summed E-state index contributed by atoms with van der Waals surface area (Å²) < 4.78 is 5.82. The monoisotopic (exact) mass is 340 g/mol. The summed E-state index contributed by atoms with van der Waals surface area (Å²) in [4.78, 5) is 25.3. The molecule has 0 spiro atoms. The van der Waals surface area contributed by atoms with Gasteiger partial charge in [0.2, 0.25) is 5.76 Å². The van der Waals surface area contributed by atoms with Gasteiger partial charge in [-0.1, -0.05) is 6.07 Å². The van der Waals surface area contributed by atoms with Gasteiger partial charge in [-0.2, -0.15) is 0 Å². The summed E-state index contributed by atoms with van der Waals surface area (Å²) in [6.07, 6.45) is 9.54. The average molecular weight is 340 g/mol. The van der Waals surface area contributed by atoms with Crippen molar-refractivity contribution in [3.63, 3.8) is 0 Å². The molecule has 0 bridgehead atoms. The van der Waals surface area contributed by atoms with Crippen molar-refractivity contribution in [1.82, 2.24) is 19.8 Å². The van der Waals surface area contributed by atoms with E-state index < -0.39 is 0 Å². The van der Waals surface area contributed by atoms with Crippen LogP contribution in [0.5, 0.6) is 0 Å². The van der Waals surface area contributed by atoms with E-state index in [9.17, 15) is 4.79 Å². The number of carbonyl (C=O) groups is 1. The third kappa shape index (κ3) is 3.74. The smallest absolute Gasteiger partial charge is 0.291 e. The van der Waals surface area contributed by atoms with Gasteiger partial charge in [0.05, 0.1) is 6.20 Å². The van der Waals surface area contributed by atoms with E-state index in [2.05, 4.69) is 20.9 Å². The average Bonchev–Trinajstić information content (AvgIpc) is 3.35. The SMILES string of the molecule is O=C(c1cnc(C2CCN(Cc3cccnc3)CC2)o1)N1CCCC1. The van der Waals surface area contributed by atoms with Gasteiger partial charge < -0.3 is 9.32 Å². The van der Waals surface area contributed by atoms with E-state index in [1.54, 1.807) is 12.4 Å². The first kappa shape index (κ1) is 16.3. The van der Waals surface area contributed by atoms with E-state index in [1.165, 1.54) is 5.56 Å². The minimum absolute atomic E-state index is 0.00902. The minimum atomic E-state index is -0.00902. The lowest BCUT2D eigenvalue weighted by molar-refractivity contribution is 0.0757. The zero-order chi connectivity index (χ0) is 17.1. The third-order valence-electron chi connectivity index (χ3n) is 5.19. The quantitative estimate of drug-likeness (QED) is 0.856. The molecule has 2 fully saturated rings. The Morgan fingerprint density at radius 1 is 1.16 bits per heavy atom. The maximum atomic E-state index is 12.4. The summed E-state index contributed by atoms with van der Waals surface area (Å²) in [5.41, 5.74) is 1.25. The molecule has 2 saturated heterocycles. The normalized spacial score (nSPS) is 19.4. The highest BCUT2D eigenvalue weighted by Gasteiger charge is 2.27. The Morgan fingerprint density at radius 3 is 2.68 bits per heavy atom. The molecule has 0 aliphatic carbocycles. The molecule has 0 radical (unpaired) electrons. The highest BCUT2D eigenvalue weighted by Crippen LogP contribution is 2.28. The lowest BCUT2D eigenvalue weighted by Gasteiger charge is -2.30. The topological polar surface area (TPSA) is 62.5 Å². The Hall–Kier alpha value is -2.21. The molecule has 0 atom stereocenters. The molecule has 25 heavy (non-hydrogen) atoms. The highest BCUT2D eigenvalue weighted by atomic mass is 16.4. The zero-order valence-corrected chi connectivity index (χ0v) is 14.4. The second-order valence-electron chi connectivity index (χ2n) is 6.97. The Labute approximate surface area is 147 Å². The van der Waals surface area contributed by atoms with Crippen LogP contribution in [-0.2, 0) is 6.54 Å². The van der Waals surface area contributed by atoms with Crippen LogP contribution in [0.2, 0.25) is 0 Å². The number of rotatable bonds is 4. The van der Waals surface area contributed by atoms with Crippen LogP contribution >= 0.6 is 0 Å². The summed E-state index contributed by atoms with van der Waals surface area (Å²) in [6, 6.07) is 4.09. The van der Waals surface area contributed by atoms with Crippen LogP contribution in [0.15, 0.2) is 35.1 Å². The maximum Gasteiger partial charge on any atom is 0.291 e. The first-order valence-corrected chi connectivity index (χ1v) is 9.16. The fraction of sp³-hybridized carbons (Fsp3) is 0.526. The summed E-state index contributed by atoms with van der Waals surface area (Å²) in [5.74, 6) is 1.42. The Bertz CT molecular complexity index is 701. The van der Waals surface area contributed by atoms with E-state index in [-0.39, 0.29) is 5.91 Å². The summed E-state index contributed by atoms with van der Waals surface area (Å²) in [7, 11) is 0. The van der Waals surface area contributed by atoms with Crippen molar-refractivity contribution < 1.29 is 9.21 Å². The van der Waals surface area contributed by atoms with Gasteiger partial charge in [0, 0.05) is 37.9 Å². The van der Waals surface area contributed by atoms with E-state index in [1.807, 2.05) is 17.2 Å². The van der Waals surface area contributed by atoms with Gasteiger partial charge in [-0.3, -0.25) is 14.7 Å². The van der Waals surface area contributed by atoms with E-state index in [0.29, 0.717) is 11.7 Å². The van der Waals surface area contributed by atoms with Crippen LogP contribution in [0.1, 0.15) is 53.6 Å². The number of amides is 1. The molecule has 2 aromatic rings. The van der Waals surface area contributed by atoms with Crippen molar-refractivity contribution in [3.05, 3.63) is 47.9 Å². The number of aromatic nitrogens is 2. The van der Waals surface area contributed by atoms with Gasteiger partial charge in [0.15, 0.2) is 5.89 Å². The first-order valence-electron chi connectivity index (χ1n) is 9.16. The minimum Gasteiger partial charge on any atom is -0.435 e. The van der Waals surface area contributed by atoms with Crippen molar-refractivity contribution in [2.75, 3.05) is 26.2 Å². The van der Waals surface area contributed by atoms with E-state index in [0.717, 1.165) is 64.3 Å². The van der Waals surface area contributed by atoms with Crippen LogP contribution in [0, 0.1) is 0 Å². The van der Waals surface area contributed by atoms with Gasteiger partial charge >= 0.3 is 0 Å². The van der Waals surface area contributed by atoms with Crippen LogP contribution in [0.3, 0.4) is 0 Å². The molecule has 0 saturated carbocycles. The largest absolute Gasteiger partial charge is 0.435 e. The summed E-state index contributed by atoms with van der Waals surface area (Å²) in [5, 5.41) is 0. The van der Waals surface area contributed by atoms with Gasteiger partial charge in [-0.15, -0.1) is 0 Å². The second-order valence-corrected chi connectivity index (χ2v) is 6.97. The molecule has 2 aliphatic rings. The fourth-order valence-corrected chi connectivity index (χ4v) is 3.74. The second kappa shape index (κ2) is 7.35. The number of hydrogen-bond donors (Lipinski definition) is 0. The number of piperidine rings is 1. The number of likely N-dealkylation sites (tertiary alicyclic amines) is 2. The van der Waals surface area contributed by atoms with Crippen molar-refractivity contribution in [3.8, 4) is 0 Å².